The maximum Gasteiger partial charge on any atom is 0.475 e. The summed E-state index contributed by atoms with van der Waals surface area (Å²) in [5.41, 5.74) is 5.58. The highest BCUT2D eigenvalue weighted by Crippen LogP contribution is 2.61. The van der Waals surface area contributed by atoms with E-state index in [1.165, 1.54) is 6.92 Å². The largest absolute Gasteiger partial charge is 0.475 e. The fourth-order valence-corrected chi connectivity index (χ4v) is 11.9. The molecule has 0 bridgehead atoms. The van der Waals surface area contributed by atoms with Gasteiger partial charge in [0.2, 0.25) is 0 Å². The van der Waals surface area contributed by atoms with Gasteiger partial charge in [-0.05, 0) is 44.5 Å². The van der Waals surface area contributed by atoms with Crippen molar-refractivity contribution in [1.29, 1.82) is 0 Å². The Morgan fingerprint density at radius 2 is 0.677 bits per heavy atom. The van der Waals surface area contributed by atoms with Crippen molar-refractivity contribution in [2.75, 3.05) is 0 Å². The zero-order chi connectivity index (χ0) is 44.9. The summed E-state index contributed by atoms with van der Waals surface area (Å²) < 4.78 is 120. The molecule has 0 radical (unpaired) electrons. The van der Waals surface area contributed by atoms with Crippen molar-refractivity contribution < 1.29 is 73.4 Å². The van der Waals surface area contributed by atoms with Crippen LogP contribution in [0.25, 0.3) is 0 Å². The molecule has 0 aromatic heterocycles. The van der Waals surface area contributed by atoms with E-state index in [0.717, 1.165) is 0 Å². The summed E-state index contributed by atoms with van der Waals surface area (Å²) in [6.07, 6.45) is -9.87. The zero-order valence-electron chi connectivity index (χ0n) is 35.2. The molecule has 1 fully saturated rings. The van der Waals surface area contributed by atoms with E-state index in [1.807, 2.05) is 60.7 Å². The Morgan fingerprint density at radius 3 is 0.969 bits per heavy atom. The number of hydrogen-bond acceptors (Lipinski definition) is 16. The summed E-state index contributed by atoms with van der Waals surface area (Å²) in [5, 5.41) is 0. The lowest BCUT2D eigenvalue weighted by molar-refractivity contribution is -0.249. The molecule has 1 aliphatic carbocycles. The molecule has 0 N–H and O–H groups in total. The molecule has 0 unspecified atom stereocenters. The summed E-state index contributed by atoms with van der Waals surface area (Å²) in [5.74, 6) is -0.810. The van der Waals surface area contributed by atoms with Crippen molar-refractivity contribution in [3.63, 3.8) is 0 Å². The lowest BCUT2D eigenvalue weighted by Gasteiger charge is -2.49. The quantitative estimate of drug-likeness (QED) is 0.0803. The van der Waals surface area contributed by atoms with Gasteiger partial charge in [-0.15, -0.1) is 0 Å². The van der Waals surface area contributed by atoms with E-state index in [0.29, 0.717) is 44.5 Å². The normalized spacial score (nSPS) is 25.6. The molecule has 342 valence electrons. The third kappa shape index (κ3) is 11.2. The average Bonchev–Trinajstić information content (AvgIpc) is 3.69. The van der Waals surface area contributed by atoms with Crippen LogP contribution in [-0.2, 0) is 126 Å². The van der Waals surface area contributed by atoms with E-state index in [4.69, 9.17) is 54.9 Å². The summed E-state index contributed by atoms with van der Waals surface area (Å²) in [7, 11) is -14.0. The third-order valence-corrected chi connectivity index (χ3v) is 15.4. The van der Waals surface area contributed by atoms with Gasteiger partial charge < -0.3 is 14.2 Å². The van der Waals surface area contributed by atoms with Crippen LogP contribution in [0.5, 0.6) is 0 Å². The summed E-state index contributed by atoms with van der Waals surface area (Å²) in [4.78, 5) is 13.3. The highest BCUT2D eigenvalue weighted by molar-refractivity contribution is 7.49. The van der Waals surface area contributed by atoms with Gasteiger partial charge in [-0.3, -0.25) is 45.5 Å². The van der Waals surface area contributed by atoms with Crippen LogP contribution in [0.4, 0.5) is 0 Å². The first-order chi connectivity index (χ1) is 31.5. The van der Waals surface area contributed by atoms with Gasteiger partial charge >= 0.3 is 29.4 Å². The van der Waals surface area contributed by atoms with Crippen LogP contribution < -0.4 is 0 Å². The standard InChI is InChI=1S/C46H47O16P3/c1-32(47)59-43-41(51-24-33-14-4-2-5-15-33)45(61-64(49)55-28-37-20-10-11-21-38(37)29-56-64)46(62-65(50)57-30-39-22-12-13-23-40(39)31-58-65)42(52-25-34-16-6-3-7-17-34)44(43)60-63(48)53-26-35-18-8-9-19-36(35)27-54-63/h2-23,41-46H,24-31H2,1H3/t41-,42-,43+,44-,45+,46+/m1/s1. The van der Waals surface area contributed by atoms with Gasteiger partial charge in [0, 0.05) is 6.92 Å². The van der Waals surface area contributed by atoms with Gasteiger partial charge in [-0.25, -0.2) is 13.7 Å². The predicted octanol–water partition coefficient (Wildman–Crippen LogP) is 9.82. The summed E-state index contributed by atoms with van der Waals surface area (Å²) in [6.45, 7) is -0.145. The van der Waals surface area contributed by atoms with Crippen molar-refractivity contribution in [3.8, 4) is 0 Å². The lowest BCUT2D eigenvalue weighted by Crippen LogP contribution is -2.67. The fourth-order valence-electron chi connectivity index (χ4n) is 7.87. The second-order valence-electron chi connectivity index (χ2n) is 15.6. The molecule has 3 aliphatic heterocycles. The van der Waals surface area contributed by atoms with Gasteiger partial charge in [-0.1, -0.05) is 133 Å². The Kier molecular flexibility index (Phi) is 14.4. The van der Waals surface area contributed by atoms with E-state index in [9.17, 15) is 13.9 Å². The van der Waals surface area contributed by atoms with Crippen LogP contribution in [0.15, 0.2) is 133 Å². The maximum atomic E-state index is 15.0. The Labute approximate surface area is 376 Å². The number of phosphoric acid groups is 3. The molecular formula is C46H47O16P3. The Hall–Kier alpha value is -4.18. The Morgan fingerprint density at radius 1 is 0.415 bits per heavy atom. The van der Waals surface area contributed by atoms with E-state index in [1.54, 1.807) is 72.8 Å². The van der Waals surface area contributed by atoms with Gasteiger partial charge in [-0.2, -0.15) is 0 Å². The van der Waals surface area contributed by atoms with Gasteiger partial charge in [0.25, 0.3) is 0 Å². The van der Waals surface area contributed by atoms with Crippen LogP contribution in [0.3, 0.4) is 0 Å². The minimum atomic E-state index is -4.68. The summed E-state index contributed by atoms with van der Waals surface area (Å²) in [6, 6.07) is 39.8. The number of ether oxygens (including phenoxy) is 3. The molecule has 19 heteroatoms. The van der Waals surface area contributed by atoms with E-state index in [-0.39, 0.29) is 52.9 Å². The number of rotatable bonds is 13. The van der Waals surface area contributed by atoms with Gasteiger partial charge in [0.15, 0.2) is 6.10 Å². The number of fused-ring (bicyclic) bond motifs is 3. The number of carbonyl (C=O) groups excluding carboxylic acids is 1. The van der Waals surface area contributed by atoms with E-state index < -0.39 is 66.1 Å². The van der Waals surface area contributed by atoms with Crippen LogP contribution >= 0.6 is 23.5 Å². The Bertz CT molecular complexity index is 2490. The molecule has 1 saturated carbocycles. The molecule has 65 heavy (non-hydrogen) atoms. The second kappa shape index (κ2) is 20.4. The monoisotopic (exact) mass is 948 g/mol. The first-order valence-electron chi connectivity index (χ1n) is 21.0. The van der Waals surface area contributed by atoms with Crippen LogP contribution in [-0.4, -0.2) is 42.6 Å². The minimum absolute atomic E-state index is 0.143. The van der Waals surface area contributed by atoms with E-state index >= 15 is 4.57 Å². The van der Waals surface area contributed by atoms with Crippen molar-refractivity contribution >= 4 is 29.4 Å². The third-order valence-electron chi connectivity index (χ3n) is 11.2. The zero-order valence-corrected chi connectivity index (χ0v) is 37.9. The summed E-state index contributed by atoms with van der Waals surface area (Å²) >= 11 is 0. The highest BCUT2D eigenvalue weighted by atomic mass is 31.2. The molecule has 3 heterocycles. The molecule has 5 aromatic rings. The molecule has 0 spiro atoms. The smallest absolute Gasteiger partial charge is 0.457 e. The van der Waals surface area contributed by atoms with Crippen molar-refractivity contribution in [2.24, 2.45) is 0 Å². The number of esters is 1. The lowest BCUT2D eigenvalue weighted by atomic mass is 9.84. The van der Waals surface area contributed by atoms with E-state index in [2.05, 4.69) is 0 Å². The molecule has 16 nitrogen and oxygen atoms in total. The number of benzene rings is 5. The fraction of sp³-hybridized carbons (Fsp3) is 0.326. The van der Waals surface area contributed by atoms with Crippen LogP contribution in [0.2, 0.25) is 0 Å². The van der Waals surface area contributed by atoms with Crippen LogP contribution in [0.1, 0.15) is 51.4 Å². The highest BCUT2D eigenvalue weighted by Gasteiger charge is 2.62. The molecule has 9 rings (SSSR count). The van der Waals surface area contributed by atoms with Gasteiger partial charge in [0.05, 0.1) is 52.9 Å². The van der Waals surface area contributed by atoms with Crippen molar-refractivity contribution in [3.05, 3.63) is 178 Å². The van der Waals surface area contributed by atoms with Crippen molar-refractivity contribution in [1.82, 2.24) is 0 Å². The predicted molar refractivity (Wildman–Crippen MR) is 231 cm³/mol. The molecule has 5 aromatic carbocycles. The molecule has 0 saturated heterocycles. The minimum Gasteiger partial charge on any atom is -0.457 e. The molecular weight excluding hydrogens is 901 g/mol. The molecule has 0 amide bonds. The first-order valence-corrected chi connectivity index (χ1v) is 25.3. The number of phosphoric ester groups is 3. The molecule has 6 atom stereocenters. The van der Waals surface area contributed by atoms with Crippen molar-refractivity contribution in [2.45, 2.75) is 96.4 Å². The number of carbonyl (C=O) groups is 1. The SMILES string of the molecule is CC(=O)O[C@H]1[C@@H](OCc2ccccc2)[C@H](OP2(=O)OCc3ccccc3CO2)[C@@H](OP2(=O)OCc3ccccc3CO2)[C@H](OCc2ccccc2)[C@H]1OP1(=O)OCc2ccccc2CO1. The second-order valence-corrected chi connectivity index (χ2v) is 20.5. The Balaban J connectivity index is 1.17. The first kappa shape index (κ1) is 46.0. The van der Waals surface area contributed by atoms with Crippen LogP contribution in [0, 0.1) is 0 Å². The maximum absolute atomic E-state index is 15.0. The van der Waals surface area contributed by atoms with Gasteiger partial charge in [0.1, 0.15) is 30.5 Å². The molecule has 4 aliphatic rings. The topological polar surface area (TPSA) is 179 Å². The average molecular weight is 949 g/mol. The number of hydrogen-bond donors (Lipinski definition) is 0.